The maximum atomic E-state index is 11.9. The maximum absolute atomic E-state index is 11.9. The minimum Gasteiger partial charge on any atom is -0.480 e. The Balaban J connectivity index is 1.94. The number of benzene rings is 1. The highest BCUT2D eigenvalue weighted by Crippen LogP contribution is 2.10. The molecule has 1 unspecified atom stereocenters. The molecule has 0 saturated heterocycles. The lowest BCUT2D eigenvalue weighted by Crippen LogP contribution is -2.40. The van der Waals surface area contributed by atoms with E-state index in [0.717, 1.165) is 5.56 Å². The zero-order valence-electron chi connectivity index (χ0n) is 10.8. The quantitative estimate of drug-likeness (QED) is 0.859. The van der Waals surface area contributed by atoms with E-state index in [2.05, 4.69) is 5.32 Å². The van der Waals surface area contributed by atoms with Gasteiger partial charge in [-0.15, -0.1) is 11.3 Å². The van der Waals surface area contributed by atoms with E-state index < -0.39 is 12.0 Å². The number of amides is 1. The highest BCUT2D eigenvalue weighted by molar-refractivity contribution is 7.12. The smallest absolute Gasteiger partial charge is 0.326 e. The predicted molar refractivity (Wildman–Crippen MR) is 78.0 cm³/mol. The fraction of sp³-hybridized carbons (Fsp3) is 0.200. The van der Waals surface area contributed by atoms with Crippen molar-refractivity contribution in [1.29, 1.82) is 0 Å². The van der Waals surface area contributed by atoms with Crippen molar-refractivity contribution in [3.8, 4) is 0 Å². The van der Waals surface area contributed by atoms with Crippen LogP contribution in [0.2, 0.25) is 0 Å². The average molecular weight is 289 g/mol. The molecule has 2 N–H and O–H groups in total. The van der Waals surface area contributed by atoms with Crippen LogP contribution >= 0.6 is 11.3 Å². The molecule has 0 aliphatic rings. The van der Waals surface area contributed by atoms with Crippen LogP contribution in [0.15, 0.2) is 47.8 Å². The molecule has 1 atom stereocenters. The summed E-state index contributed by atoms with van der Waals surface area (Å²) in [6.45, 7) is 0. The number of carbonyl (C=O) groups excluding carboxylic acids is 1. The highest BCUT2D eigenvalue weighted by Gasteiger charge is 2.20. The van der Waals surface area contributed by atoms with E-state index in [-0.39, 0.29) is 5.91 Å². The lowest BCUT2D eigenvalue weighted by Gasteiger charge is -2.13. The molecule has 0 aliphatic heterocycles. The largest absolute Gasteiger partial charge is 0.480 e. The highest BCUT2D eigenvalue weighted by atomic mass is 32.1. The van der Waals surface area contributed by atoms with Crippen LogP contribution in [-0.2, 0) is 11.2 Å². The van der Waals surface area contributed by atoms with E-state index in [1.54, 1.807) is 17.5 Å². The van der Waals surface area contributed by atoms with Crippen molar-refractivity contribution in [2.45, 2.75) is 18.9 Å². The molecule has 0 radical (unpaired) electrons. The molecule has 0 aliphatic carbocycles. The second-order valence-electron chi connectivity index (χ2n) is 4.37. The summed E-state index contributed by atoms with van der Waals surface area (Å²) in [5.41, 5.74) is 1.06. The Bertz CT molecular complexity index is 566. The zero-order chi connectivity index (χ0) is 14.4. The van der Waals surface area contributed by atoms with E-state index in [1.165, 1.54) is 11.3 Å². The summed E-state index contributed by atoms with van der Waals surface area (Å²) in [6.07, 6.45) is 0.985. The molecule has 5 heteroatoms. The Morgan fingerprint density at radius 2 is 1.90 bits per heavy atom. The van der Waals surface area contributed by atoms with Crippen molar-refractivity contribution >= 4 is 23.2 Å². The molecule has 2 rings (SSSR count). The molecule has 104 valence electrons. The third kappa shape index (κ3) is 3.93. The van der Waals surface area contributed by atoms with Crippen LogP contribution < -0.4 is 5.32 Å². The molecule has 2 aromatic rings. The van der Waals surface area contributed by atoms with Crippen molar-refractivity contribution < 1.29 is 14.7 Å². The molecule has 1 amide bonds. The lowest BCUT2D eigenvalue weighted by molar-refractivity contribution is -0.139. The van der Waals surface area contributed by atoms with Gasteiger partial charge in [0.05, 0.1) is 4.88 Å². The van der Waals surface area contributed by atoms with Gasteiger partial charge in [0.25, 0.3) is 5.91 Å². The van der Waals surface area contributed by atoms with Gasteiger partial charge in [0.2, 0.25) is 0 Å². The van der Waals surface area contributed by atoms with Gasteiger partial charge in [-0.25, -0.2) is 4.79 Å². The van der Waals surface area contributed by atoms with Gasteiger partial charge in [-0.1, -0.05) is 36.4 Å². The summed E-state index contributed by atoms with van der Waals surface area (Å²) >= 11 is 1.29. The summed E-state index contributed by atoms with van der Waals surface area (Å²) in [4.78, 5) is 23.6. The fourth-order valence-corrected chi connectivity index (χ4v) is 2.48. The molecule has 4 nitrogen and oxygen atoms in total. The Morgan fingerprint density at radius 3 is 2.50 bits per heavy atom. The van der Waals surface area contributed by atoms with Crippen LogP contribution in [0.5, 0.6) is 0 Å². The number of carboxylic acid groups (broad SMARTS) is 1. The van der Waals surface area contributed by atoms with Gasteiger partial charge in [-0.3, -0.25) is 4.79 Å². The summed E-state index contributed by atoms with van der Waals surface area (Å²) in [5, 5.41) is 13.5. The number of aryl methyl sites for hydroxylation is 1. The van der Waals surface area contributed by atoms with Crippen LogP contribution in [0.3, 0.4) is 0 Å². The van der Waals surface area contributed by atoms with E-state index in [9.17, 15) is 14.7 Å². The third-order valence-electron chi connectivity index (χ3n) is 2.91. The summed E-state index contributed by atoms with van der Waals surface area (Å²) in [7, 11) is 0. The van der Waals surface area contributed by atoms with Gasteiger partial charge < -0.3 is 10.4 Å². The molecule has 1 aromatic heterocycles. The number of thiophene rings is 1. The lowest BCUT2D eigenvalue weighted by atomic mass is 10.1. The minimum absolute atomic E-state index is 0.333. The number of carbonyl (C=O) groups is 2. The molecule has 1 heterocycles. The Hall–Kier alpha value is -2.14. The Kier molecular flexibility index (Phi) is 4.90. The SMILES string of the molecule is O=C(NC(CCc1ccccc1)C(=O)O)c1cccs1. The van der Waals surface area contributed by atoms with Crippen molar-refractivity contribution in [2.24, 2.45) is 0 Å². The molecule has 1 aromatic carbocycles. The minimum atomic E-state index is -1.01. The predicted octanol–water partition coefficient (Wildman–Crippen LogP) is 2.56. The van der Waals surface area contributed by atoms with E-state index in [4.69, 9.17) is 0 Å². The molecule has 0 spiro atoms. The molecule has 0 saturated carbocycles. The number of carboxylic acids is 1. The normalized spacial score (nSPS) is 11.8. The number of aliphatic carboxylic acids is 1. The van der Waals surface area contributed by atoms with Gasteiger partial charge >= 0.3 is 5.97 Å². The molecule has 0 fully saturated rings. The second kappa shape index (κ2) is 6.86. The van der Waals surface area contributed by atoms with Crippen LogP contribution in [0.1, 0.15) is 21.7 Å². The third-order valence-corrected chi connectivity index (χ3v) is 3.78. The zero-order valence-corrected chi connectivity index (χ0v) is 11.6. The summed E-state index contributed by atoms with van der Waals surface area (Å²) < 4.78 is 0. The van der Waals surface area contributed by atoms with E-state index >= 15 is 0 Å². The van der Waals surface area contributed by atoms with Crippen LogP contribution in [-0.4, -0.2) is 23.0 Å². The molecular formula is C15H15NO3S. The van der Waals surface area contributed by atoms with Gasteiger partial charge in [0.15, 0.2) is 0 Å². The number of nitrogens with one attached hydrogen (secondary N) is 1. The standard InChI is InChI=1S/C15H15NO3S/c17-14(13-7-4-10-20-13)16-12(15(18)19)9-8-11-5-2-1-3-6-11/h1-7,10,12H,8-9H2,(H,16,17)(H,18,19). The van der Waals surface area contributed by atoms with Gasteiger partial charge in [0.1, 0.15) is 6.04 Å². The van der Waals surface area contributed by atoms with E-state index in [1.807, 2.05) is 30.3 Å². The van der Waals surface area contributed by atoms with Crippen molar-refractivity contribution in [2.75, 3.05) is 0 Å². The summed E-state index contributed by atoms with van der Waals surface area (Å²) in [6, 6.07) is 12.2. The first-order valence-electron chi connectivity index (χ1n) is 6.28. The first-order valence-corrected chi connectivity index (χ1v) is 7.16. The van der Waals surface area contributed by atoms with Gasteiger partial charge in [-0.05, 0) is 29.9 Å². The van der Waals surface area contributed by atoms with Crippen molar-refractivity contribution in [3.05, 3.63) is 58.3 Å². The number of hydrogen-bond donors (Lipinski definition) is 2. The Morgan fingerprint density at radius 1 is 1.15 bits per heavy atom. The number of hydrogen-bond acceptors (Lipinski definition) is 3. The van der Waals surface area contributed by atoms with Crippen LogP contribution in [0.4, 0.5) is 0 Å². The average Bonchev–Trinajstić information content (AvgIpc) is 2.98. The monoisotopic (exact) mass is 289 g/mol. The molecule has 20 heavy (non-hydrogen) atoms. The number of rotatable bonds is 6. The maximum Gasteiger partial charge on any atom is 0.326 e. The molecular weight excluding hydrogens is 274 g/mol. The first kappa shape index (κ1) is 14.3. The topological polar surface area (TPSA) is 66.4 Å². The van der Waals surface area contributed by atoms with Crippen LogP contribution in [0.25, 0.3) is 0 Å². The van der Waals surface area contributed by atoms with Crippen LogP contribution in [0, 0.1) is 0 Å². The van der Waals surface area contributed by atoms with Gasteiger partial charge in [0, 0.05) is 0 Å². The second-order valence-corrected chi connectivity index (χ2v) is 5.31. The fourth-order valence-electron chi connectivity index (χ4n) is 1.85. The van der Waals surface area contributed by atoms with Crippen molar-refractivity contribution in [1.82, 2.24) is 5.32 Å². The Labute approximate surface area is 121 Å². The van der Waals surface area contributed by atoms with Gasteiger partial charge in [-0.2, -0.15) is 0 Å². The van der Waals surface area contributed by atoms with E-state index in [0.29, 0.717) is 17.7 Å². The van der Waals surface area contributed by atoms with Crippen molar-refractivity contribution in [3.63, 3.8) is 0 Å². The molecule has 0 bridgehead atoms. The first-order chi connectivity index (χ1) is 9.66. The summed E-state index contributed by atoms with van der Waals surface area (Å²) in [5.74, 6) is -1.34.